The molecule has 0 spiro atoms. The van der Waals surface area contributed by atoms with Crippen LogP contribution >= 0.6 is 34.8 Å². The zero-order valence-electron chi connectivity index (χ0n) is 13.7. The van der Waals surface area contributed by atoms with Crippen molar-refractivity contribution in [3.05, 3.63) is 64.2 Å². The molecule has 2 N–H and O–H groups in total. The highest BCUT2D eigenvalue weighted by molar-refractivity contribution is 6.54. The van der Waals surface area contributed by atoms with Crippen molar-refractivity contribution in [2.75, 3.05) is 5.32 Å². The Morgan fingerprint density at radius 2 is 1.96 bits per heavy atom. The summed E-state index contributed by atoms with van der Waals surface area (Å²) in [5.41, 5.74) is 2.09. The first-order valence-electron chi connectivity index (χ1n) is 7.80. The van der Waals surface area contributed by atoms with Crippen LogP contribution in [0.2, 0.25) is 5.02 Å². The lowest BCUT2D eigenvalue weighted by Crippen LogP contribution is -2.18. The van der Waals surface area contributed by atoms with Gasteiger partial charge in [-0.2, -0.15) is 0 Å². The molecule has 9 heteroatoms. The van der Waals surface area contributed by atoms with Gasteiger partial charge in [0.15, 0.2) is 10.9 Å². The molecule has 1 heterocycles. The first-order valence-corrected chi connectivity index (χ1v) is 9.05. The smallest absolute Gasteiger partial charge is 0.336 e. The molecule has 1 unspecified atom stereocenters. The maximum Gasteiger partial charge on any atom is 0.336 e. The fourth-order valence-corrected chi connectivity index (χ4v) is 3.11. The van der Waals surface area contributed by atoms with Gasteiger partial charge < -0.3 is 15.3 Å². The van der Waals surface area contributed by atoms with Crippen molar-refractivity contribution >= 4 is 58.1 Å². The number of carboxylic acids is 1. The van der Waals surface area contributed by atoms with Crippen LogP contribution < -0.4 is 5.32 Å². The first-order chi connectivity index (χ1) is 12.9. The SMILES string of the molecule is O=C(O)c1cccc(Cl)c1C1=NOC(c2cccc(NC(=O)C(Cl)Cl)c2)C1. The van der Waals surface area contributed by atoms with Gasteiger partial charge in [0.2, 0.25) is 0 Å². The van der Waals surface area contributed by atoms with E-state index in [9.17, 15) is 14.7 Å². The first kappa shape index (κ1) is 19.5. The summed E-state index contributed by atoms with van der Waals surface area (Å²) < 4.78 is 0. The Balaban J connectivity index is 1.81. The predicted molar refractivity (Wildman–Crippen MR) is 104 cm³/mol. The second kappa shape index (κ2) is 8.17. The van der Waals surface area contributed by atoms with Crippen LogP contribution in [0.5, 0.6) is 0 Å². The summed E-state index contributed by atoms with van der Waals surface area (Å²) in [4.78, 5) is 27.4. The van der Waals surface area contributed by atoms with E-state index in [2.05, 4.69) is 10.5 Å². The average Bonchev–Trinajstić information content (AvgIpc) is 3.11. The minimum atomic E-state index is -1.18. The third kappa shape index (κ3) is 4.35. The summed E-state index contributed by atoms with van der Waals surface area (Å²) in [6.45, 7) is 0. The molecule has 0 aromatic heterocycles. The number of amides is 1. The topological polar surface area (TPSA) is 88.0 Å². The van der Waals surface area contributed by atoms with Crippen molar-refractivity contribution in [3.8, 4) is 0 Å². The molecule has 0 fully saturated rings. The van der Waals surface area contributed by atoms with Crippen LogP contribution in [0.15, 0.2) is 47.6 Å². The highest BCUT2D eigenvalue weighted by Crippen LogP contribution is 2.34. The van der Waals surface area contributed by atoms with Crippen molar-refractivity contribution in [2.45, 2.75) is 17.4 Å². The van der Waals surface area contributed by atoms with E-state index in [0.717, 1.165) is 5.56 Å². The quantitative estimate of drug-likeness (QED) is 0.680. The monoisotopic (exact) mass is 426 g/mol. The fourth-order valence-electron chi connectivity index (χ4n) is 2.71. The van der Waals surface area contributed by atoms with E-state index in [1.54, 1.807) is 30.3 Å². The molecule has 1 aliphatic heterocycles. The minimum Gasteiger partial charge on any atom is -0.478 e. The van der Waals surface area contributed by atoms with Gasteiger partial charge in [-0.1, -0.05) is 58.2 Å². The third-order valence-electron chi connectivity index (χ3n) is 3.93. The molecule has 0 saturated carbocycles. The lowest BCUT2D eigenvalue weighted by molar-refractivity contribution is -0.114. The van der Waals surface area contributed by atoms with Crippen molar-refractivity contribution in [2.24, 2.45) is 5.16 Å². The number of hydrogen-bond donors (Lipinski definition) is 2. The van der Waals surface area contributed by atoms with Crippen LogP contribution in [-0.2, 0) is 9.63 Å². The van der Waals surface area contributed by atoms with Crippen LogP contribution in [0.1, 0.15) is 34.0 Å². The highest BCUT2D eigenvalue weighted by atomic mass is 35.5. The van der Waals surface area contributed by atoms with Gasteiger partial charge in [0.05, 0.1) is 16.3 Å². The number of carbonyl (C=O) groups excluding carboxylic acids is 1. The standard InChI is InChI=1S/C18H13Cl3N2O4/c19-12-6-2-5-11(18(25)26)15(12)13-8-14(27-23-13)9-3-1-4-10(7-9)22-17(24)16(20)21/h1-7,14,16H,8H2,(H,22,24)(H,25,26). The van der Waals surface area contributed by atoms with Gasteiger partial charge in [-0.15, -0.1) is 0 Å². The zero-order valence-corrected chi connectivity index (χ0v) is 15.9. The van der Waals surface area contributed by atoms with Gasteiger partial charge in [0, 0.05) is 17.7 Å². The Morgan fingerprint density at radius 1 is 1.22 bits per heavy atom. The van der Waals surface area contributed by atoms with Gasteiger partial charge in [-0.05, 0) is 29.8 Å². The molecule has 1 aliphatic rings. The summed E-state index contributed by atoms with van der Waals surface area (Å²) in [5.74, 6) is -1.64. The molecule has 0 aliphatic carbocycles. The summed E-state index contributed by atoms with van der Waals surface area (Å²) in [6.07, 6.45) is -0.118. The van der Waals surface area contributed by atoms with Gasteiger partial charge in [0.1, 0.15) is 0 Å². The summed E-state index contributed by atoms with van der Waals surface area (Å²) in [6, 6.07) is 11.6. The number of oxime groups is 1. The Hall–Kier alpha value is -2.28. The number of benzene rings is 2. The largest absolute Gasteiger partial charge is 0.478 e. The van der Waals surface area contributed by atoms with Gasteiger partial charge >= 0.3 is 5.97 Å². The van der Waals surface area contributed by atoms with E-state index < -0.39 is 22.8 Å². The third-order valence-corrected chi connectivity index (χ3v) is 4.64. The summed E-state index contributed by atoms with van der Waals surface area (Å²) >= 11 is 17.3. The number of alkyl halides is 2. The number of rotatable bonds is 5. The predicted octanol–water partition coefficient (Wildman–Crippen LogP) is 4.65. The molecule has 2 aromatic rings. The van der Waals surface area contributed by atoms with Crippen LogP contribution in [0.3, 0.4) is 0 Å². The van der Waals surface area contributed by atoms with Crippen LogP contribution in [-0.4, -0.2) is 27.5 Å². The number of aromatic carboxylic acids is 1. The number of hydrogen-bond acceptors (Lipinski definition) is 4. The average molecular weight is 428 g/mol. The van der Waals surface area contributed by atoms with Gasteiger partial charge in [-0.3, -0.25) is 4.79 Å². The second-order valence-electron chi connectivity index (χ2n) is 5.72. The minimum absolute atomic E-state index is 0.0572. The van der Waals surface area contributed by atoms with Gasteiger partial charge in [0.25, 0.3) is 5.91 Å². The Labute approximate surface area is 169 Å². The summed E-state index contributed by atoms with van der Waals surface area (Å²) in [7, 11) is 0. The summed E-state index contributed by atoms with van der Waals surface area (Å²) in [5, 5.41) is 16.3. The maximum absolute atomic E-state index is 11.6. The number of nitrogens with one attached hydrogen (secondary N) is 1. The molecule has 6 nitrogen and oxygen atoms in total. The van der Waals surface area contributed by atoms with Crippen LogP contribution in [0, 0.1) is 0 Å². The van der Waals surface area contributed by atoms with Crippen LogP contribution in [0.25, 0.3) is 0 Å². The normalized spacial score (nSPS) is 16.0. The molecule has 140 valence electrons. The van der Waals surface area contributed by atoms with Crippen LogP contribution in [0.4, 0.5) is 5.69 Å². The molecule has 2 aromatic carbocycles. The Bertz CT molecular complexity index is 931. The Morgan fingerprint density at radius 3 is 2.67 bits per heavy atom. The Kier molecular flexibility index (Phi) is 5.89. The van der Waals surface area contributed by atoms with E-state index in [4.69, 9.17) is 39.6 Å². The number of carboxylic acid groups (broad SMARTS) is 1. The second-order valence-corrected chi connectivity index (χ2v) is 7.22. The number of nitrogens with zero attached hydrogens (tertiary/aromatic N) is 1. The highest BCUT2D eigenvalue weighted by Gasteiger charge is 2.28. The molecule has 1 amide bonds. The maximum atomic E-state index is 11.6. The zero-order chi connectivity index (χ0) is 19.6. The van der Waals surface area contributed by atoms with E-state index in [0.29, 0.717) is 23.4 Å². The van der Waals surface area contributed by atoms with E-state index in [1.165, 1.54) is 6.07 Å². The molecule has 0 saturated heterocycles. The van der Waals surface area contributed by atoms with Crippen molar-refractivity contribution in [3.63, 3.8) is 0 Å². The van der Waals surface area contributed by atoms with Crippen molar-refractivity contribution in [1.29, 1.82) is 0 Å². The fraction of sp³-hybridized carbons (Fsp3) is 0.167. The molecule has 1 atom stereocenters. The number of anilines is 1. The van der Waals surface area contributed by atoms with Gasteiger partial charge in [-0.25, -0.2) is 4.79 Å². The number of halogens is 3. The van der Waals surface area contributed by atoms with Crippen molar-refractivity contribution < 1.29 is 19.5 Å². The van der Waals surface area contributed by atoms with E-state index in [-0.39, 0.29) is 10.6 Å². The lowest BCUT2D eigenvalue weighted by Gasteiger charge is -2.12. The molecular formula is C18H13Cl3N2O4. The molecular weight excluding hydrogens is 415 g/mol. The van der Waals surface area contributed by atoms with E-state index in [1.807, 2.05) is 6.07 Å². The molecule has 0 radical (unpaired) electrons. The number of carbonyl (C=O) groups is 2. The van der Waals surface area contributed by atoms with E-state index >= 15 is 0 Å². The molecule has 0 bridgehead atoms. The molecule has 27 heavy (non-hydrogen) atoms. The lowest BCUT2D eigenvalue weighted by atomic mass is 9.96. The van der Waals surface area contributed by atoms with Crippen molar-refractivity contribution in [1.82, 2.24) is 0 Å². The molecule has 3 rings (SSSR count).